The second kappa shape index (κ2) is 7.43. The Hall–Kier alpha value is -1.59. The van der Waals surface area contributed by atoms with Crippen molar-refractivity contribution in [3.8, 4) is 5.75 Å². The third kappa shape index (κ3) is 4.19. The van der Waals surface area contributed by atoms with Crippen molar-refractivity contribution in [3.63, 3.8) is 0 Å². The van der Waals surface area contributed by atoms with Gasteiger partial charge in [0.05, 0.1) is 18.4 Å². The Morgan fingerprint density at radius 2 is 2.14 bits per heavy atom. The summed E-state index contributed by atoms with van der Waals surface area (Å²) in [6, 6.07) is 6.89. The van der Waals surface area contributed by atoms with Crippen LogP contribution in [-0.4, -0.2) is 22.9 Å². The molecule has 0 amide bonds. The molecule has 0 spiro atoms. The average Bonchev–Trinajstić information content (AvgIpc) is 2.95. The van der Waals surface area contributed by atoms with Crippen molar-refractivity contribution in [3.05, 3.63) is 48.0 Å². The Morgan fingerprint density at radius 1 is 1.33 bits per heavy atom. The first kappa shape index (κ1) is 15.8. The summed E-state index contributed by atoms with van der Waals surface area (Å²) >= 11 is 0. The van der Waals surface area contributed by atoms with Crippen LogP contribution in [0.2, 0.25) is 0 Å². The molecule has 0 bridgehead atoms. The van der Waals surface area contributed by atoms with Crippen LogP contribution in [0.4, 0.5) is 4.39 Å². The Kier molecular flexibility index (Phi) is 5.59. The summed E-state index contributed by atoms with van der Waals surface area (Å²) in [7, 11) is 0. The number of hydrogen-bond donors (Lipinski definition) is 1. The van der Waals surface area contributed by atoms with Crippen molar-refractivity contribution in [1.82, 2.24) is 15.1 Å². The van der Waals surface area contributed by atoms with Crippen LogP contribution in [-0.2, 0) is 6.61 Å². The molecule has 2 aromatic rings. The molecule has 3 rings (SSSR count). The zero-order valence-corrected chi connectivity index (χ0v) is 12.5. The predicted molar refractivity (Wildman–Crippen MR) is 81.3 cm³/mol. The second-order valence-corrected chi connectivity index (χ2v) is 5.06. The van der Waals surface area contributed by atoms with Gasteiger partial charge in [0.1, 0.15) is 12.4 Å². The molecule has 1 fully saturated rings. The van der Waals surface area contributed by atoms with E-state index < -0.39 is 0 Å². The van der Waals surface area contributed by atoms with Gasteiger partial charge in [-0.3, -0.25) is 4.68 Å². The predicted octanol–water partition coefficient (Wildman–Crippen LogP) is 2.95. The Morgan fingerprint density at radius 3 is 2.90 bits per heavy atom. The molecule has 0 saturated carbocycles. The maximum absolute atomic E-state index is 13.1. The van der Waals surface area contributed by atoms with Gasteiger partial charge in [-0.15, -0.1) is 12.4 Å². The maximum atomic E-state index is 13.1. The van der Waals surface area contributed by atoms with Gasteiger partial charge in [-0.1, -0.05) is 12.1 Å². The highest BCUT2D eigenvalue weighted by Gasteiger charge is 2.15. The highest BCUT2D eigenvalue weighted by molar-refractivity contribution is 5.85. The summed E-state index contributed by atoms with van der Waals surface area (Å²) in [6.45, 7) is 2.42. The third-order valence-electron chi connectivity index (χ3n) is 3.56. The van der Waals surface area contributed by atoms with Crippen molar-refractivity contribution in [2.24, 2.45) is 0 Å². The molecule has 2 heterocycles. The summed E-state index contributed by atoms with van der Waals surface area (Å²) in [5, 5.41) is 7.69. The van der Waals surface area contributed by atoms with Gasteiger partial charge in [0.2, 0.25) is 0 Å². The van der Waals surface area contributed by atoms with E-state index in [-0.39, 0.29) is 18.2 Å². The number of nitrogens with zero attached hydrogens (tertiary/aromatic N) is 2. The first-order valence-electron chi connectivity index (χ1n) is 6.93. The molecule has 1 aromatic heterocycles. The van der Waals surface area contributed by atoms with Gasteiger partial charge in [0.15, 0.2) is 5.75 Å². The third-order valence-corrected chi connectivity index (χ3v) is 3.56. The van der Waals surface area contributed by atoms with Gasteiger partial charge in [0, 0.05) is 0 Å². The van der Waals surface area contributed by atoms with Gasteiger partial charge < -0.3 is 10.1 Å². The molecule has 1 aliphatic heterocycles. The lowest BCUT2D eigenvalue weighted by molar-refractivity contribution is 0.302. The molecular formula is C15H19ClFN3O. The smallest absolute Gasteiger partial charge is 0.157 e. The molecule has 1 aliphatic rings. The van der Waals surface area contributed by atoms with Crippen molar-refractivity contribution in [2.75, 3.05) is 13.1 Å². The molecule has 114 valence electrons. The summed E-state index contributed by atoms with van der Waals surface area (Å²) in [4.78, 5) is 0. The fourth-order valence-corrected chi connectivity index (χ4v) is 2.46. The number of halogens is 2. The molecule has 1 aromatic carbocycles. The molecular weight excluding hydrogens is 293 g/mol. The van der Waals surface area contributed by atoms with E-state index in [1.165, 1.54) is 12.1 Å². The summed E-state index contributed by atoms with van der Waals surface area (Å²) in [5.74, 6) is 0.490. The van der Waals surface area contributed by atoms with Crippen LogP contribution in [0.5, 0.6) is 5.75 Å². The minimum absolute atomic E-state index is 0. The highest BCUT2D eigenvalue weighted by atomic mass is 35.5. The van der Waals surface area contributed by atoms with E-state index >= 15 is 0 Å². The van der Waals surface area contributed by atoms with E-state index in [9.17, 15) is 4.39 Å². The fraction of sp³-hybridized carbons (Fsp3) is 0.400. The van der Waals surface area contributed by atoms with Crippen LogP contribution < -0.4 is 10.1 Å². The van der Waals surface area contributed by atoms with Crippen molar-refractivity contribution in [2.45, 2.75) is 25.5 Å². The SMILES string of the molecule is Cl.Fc1cccc(COc2cnn(C3CCNCC3)c2)c1. The molecule has 1 saturated heterocycles. The number of benzene rings is 1. The van der Waals surface area contributed by atoms with Crippen LogP contribution in [0.15, 0.2) is 36.7 Å². The van der Waals surface area contributed by atoms with Crippen molar-refractivity contribution < 1.29 is 9.13 Å². The topological polar surface area (TPSA) is 39.1 Å². The Bertz CT molecular complexity index is 570. The lowest BCUT2D eigenvalue weighted by Crippen LogP contribution is -2.29. The lowest BCUT2D eigenvalue weighted by atomic mass is 10.1. The number of hydrogen-bond acceptors (Lipinski definition) is 3. The number of nitrogens with one attached hydrogen (secondary N) is 1. The van der Waals surface area contributed by atoms with Crippen LogP contribution in [0, 0.1) is 5.82 Å². The largest absolute Gasteiger partial charge is 0.486 e. The van der Waals surface area contributed by atoms with Crippen LogP contribution in [0.1, 0.15) is 24.4 Å². The van der Waals surface area contributed by atoms with Gasteiger partial charge in [-0.05, 0) is 43.6 Å². The van der Waals surface area contributed by atoms with Crippen molar-refractivity contribution in [1.29, 1.82) is 0 Å². The molecule has 6 heteroatoms. The minimum atomic E-state index is -0.239. The van der Waals surface area contributed by atoms with E-state index in [0.29, 0.717) is 12.6 Å². The molecule has 4 nitrogen and oxygen atoms in total. The molecule has 0 atom stereocenters. The number of rotatable bonds is 4. The number of piperidine rings is 1. The lowest BCUT2D eigenvalue weighted by Gasteiger charge is -2.22. The summed E-state index contributed by atoms with van der Waals surface area (Å²) in [5.41, 5.74) is 0.819. The Labute approximate surface area is 129 Å². The van der Waals surface area contributed by atoms with E-state index in [4.69, 9.17) is 4.74 Å². The van der Waals surface area contributed by atoms with E-state index in [1.54, 1.807) is 12.3 Å². The maximum Gasteiger partial charge on any atom is 0.157 e. The molecule has 1 N–H and O–H groups in total. The monoisotopic (exact) mass is 311 g/mol. The van der Waals surface area contributed by atoms with E-state index in [0.717, 1.165) is 37.2 Å². The van der Waals surface area contributed by atoms with Gasteiger partial charge in [-0.25, -0.2) is 4.39 Å². The average molecular weight is 312 g/mol. The van der Waals surface area contributed by atoms with Crippen molar-refractivity contribution >= 4 is 12.4 Å². The first-order chi connectivity index (χ1) is 9.81. The zero-order valence-electron chi connectivity index (χ0n) is 11.7. The van der Waals surface area contributed by atoms with Gasteiger partial charge in [-0.2, -0.15) is 5.10 Å². The van der Waals surface area contributed by atoms with Gasteiger partial charge >= 0.3 is 0 Å². The Balaban J connectivity index is 0.00000161. The van der Waals surface area contributed by atoms with E-state index in [1.807, 2.05) is 16.9 Å². The second-order valence-electron chi connectivity index (χ2n) is 5.06. The standard InChI is InChI=1S/C15H18FN3O.ClH/c16-13-3-1-2-12(8-13)11-20-15-9-18-19(10-15)14-4-6-17-7-5-14;/h1-3,8-10,14,17H,4-7,11H2;1H. The number of ether oxygens (including phenoxy) is 1. The molecule has 0 unspecified atom stereocenters. The van der Waals surface area contributed by atoms with Crippen LogP contribution in [0.25, 0.3) is 0 Å². The number of aromatic nitrogens is 2. The van der Waals surface area contributed by atoms with Gasteiger partial charge in [0.25, 0.3) is 0 Å². The van der Waals surface area contributed by atoms with Crippen LogP contribution >= 0.6 is 12.4 Å². The molecule has 0 radical (unpaired) electrons. The summed E-state index contributed by atoms with van der Waals surface area (Å²) < 4.78 is 20.7. The first-order valence-corrected chi connectivity index (χ1v) is 6.93. The normalized spacial score (nSPS) is 15.5. The fourth-order valence-electron chi connectivity index (χ4n) is 2.46. The summed E-state index contributed by atoms with van der Waals surface area (Å²) in [6.07, 6.45) is 5.83. The van der Waals surface area contributed by atoms with E-state index in [2.05, 4.69) is 10.4 Å². The van der Waals surface area contributed by atoms with Crippen LogP contribution in [0.3, 0.4) is 0 Å². The minimum Gasteiger partial charge on any atom is -0.486 e. The highest BCUT2D eigenvalue weighted by Crippen LogP contribution is 2.21. The molecule has 0 aliphatic carbocycles. The quantitative estimate of drug-likeness (QED) is 0.943. The zero-order chi connectivity index (χ0) is 13.8. The molecule has 21 heavy (non-hydrogen) atoms.